The second kappa shape index (κ2) is 4.86. The van der Waals surface area contributed by atoms with Crippen molar-refractivity contribution in [3.8, 4) is 11.5 Å². The molecule has 0 saturated heterocycles. The molecule has 0 unspecified atom stereocenters. The highest BCUT2D eigenvalue weighted by atomic mass is 79.9. The summed E-state index contributed by atoms with van der Waals surface area (Å²) in [6.07, 6.45) is 4.13. The maximum absolute atomic E-state index is 5.34. The molecule has 0 atom stereocenters. The molecule has 0 spiro atoms. The fraction of sp³-hybridized carbons (Fsp3) is 0.0667. The molecule has 3 rings (SSSR count). The van der Waals surface area contributed by atoms with Crippen LogP contribution in [0.15, 0.2) is 46.9 Å². The molecule has 2 aromatic carbocycles. The minimum atomic E-state index is 0.315. The second-order valence-corrected chi connectivity index (χ2v) is 4.91. The van der Waals surface area contributed by atoms with Gasteiger partial charge in [-0.15, -0.1) is 0 Å². The lowest BCUT2D eigenvalue weighted by Crippen LogP contribution is -1.92. The van der Waals surface area contributed by atoms with Crippen LogP contribution in [0.1, 0.15) is 11.1 Å². The molecule has 0 saturated carbocycles. The zero-order valence-corrected chi connectivity index (χ0v) is 11.2. The SMILES string of the molecule is Brc1ccc(C=Cc2ccc3c(c2)OCO3)cc1. The van der Waals surface area contributed by atoms with Gasteiger partial charge in [0.2, 0.25) is 6.79 Å². The van der Waals surface area contributed by atoms with E-state index in [1.54, 1.807) is 0 Å². The van der Waals surface area contributed by atoms with Crippen LogP contribution in [0.5, 0.6) is 11.5 Å². The molecular weight excluding hydrogens is 292 g/mol. The fourth-order valence-corrected chi connectivity index (χ4v) is 2.05. The van der Waals surface area contributed by atoms with E-state index < -0.39 is 0 Å². The van der Waals surface area contributed by atoms with Crippen LogP contribution in [0, 0.1) is 0 Å². The number of hydrogen-bond donors (Lipinski definition) is 0. The van der Waals surface area contributed by atoms with Gasteiger partial charge in [-0.1, -0.05) is 46.3 Å². The summed E-state index contributed by atoms with van der Waals surface area (Å²) in [7, 11) is 0. The van der Waals surface area contributed by atoms with Gasteiger partial charge in [0.25, 0.3) is 0 Å². The molecule has 2 aromatic rings. The van der Waals surface area contributed by atoms with Gasteiger partial charge in [0.1, 0.15) is 0 Å². The molecule has 2 nitrogen and oxygen atoms in total. The third-order valence-electron chi connectivity index (χ3n) is 2.73. The number of halogens is 1. The monoisotopic (exact) mass is 302 g/mol. The third kappa shape index (κ3) is 2.41. The van der Waals surface area contributed by atoms with Gasteiger partial charge >= 0.3 is 0 Å². The molecule has 0 bridgehead atoms. The third-order valence-corrected chi connectivity index (χ3v) is 3.26. The Hall–Kier alpha value is -1.74. The molecule has 0 amide bonds. The maximum Gasteiger partial charge on any atom is 0.231 e. The van der Waals surface area contributed by atoms with Crippen LogP contribution >= 0.6 is 15.9 Å². The molecule has 1 aliphatic rings. The first-order chi connectivity index (χ1) is 8.81. The second-order valence-electron chi connectivity index (χ2n) is 4.00. The van der Waals surface area contributed by atoms with Crippen molar-refractivity contribution in [3.63, 3.8) is 0 Å². The number of rotatable bonds is 2. The molecular formula is C15H11BrO2. The summed E-state index contributed by atoms with van der Waals surface area (Å²) in [6.45, 7) is 0.315. The Morgan fingerprint density at radius 3 is 2.33 bits per heavy atom. The van der Waals surface area contributed by atoms with Gasteiger partial charge in [-0.05, 0) is 35.4 Å². The zero-order chi connectivity index (χ0) is 12.4. The van der Waals surface area contributed by atoms with E-state index >= 15 is 0 Å². The summed E-state index contributed by atoms with van der Waals surface area (Å²) in [5.74, 6) is 1.63. The zero-order valence-electron chi connectivity index (χ0n) is 9.60. The van der Waals surface area contributed by atoms with Crippen LogP contribution in [0.2, 0.25) is 0 Å². The average molecular weight is 303 g/mol. The highest BCUT2D eigenvalue weighted by Crippen LogP contribution is 2.32. The quantitative estimate of drug-likeness (QED) is 0.768. The first-order valence-corrected chi connectivity index (χ1v) is 6.44. The van der Waals surface area contributed by atoms with Gasteiger partial charge in [0, 0.05) is 4.47 Å². The van der Waals surface area contributed by atoms with Gasteiger partial charge in [-0.3, -0.25) is 0 Å². The predicted molar refractivity (Wildman–Crippen MR) is 75.6 cm³/mol. The minimum Gasteiger partial charge on any atom is -0.454 e. The van der Waals surface area contributed by atoms with Crippen molar-refractivity contribution in [2.75, 3.05) is 6.79 Å². The van der Waals surface area contributed by atoms with E-state index in [-0.39, 0.29) is 0 Å². The summed E-state index contributed by atoms with van der Waals surface area (Å²) >= 11 is 3.42. The van der Waals surface area contributed by atoms with Crippen LogP contribution < -0.4 is 9.47 Å². The number of benzene rings is 2. The Bertz CT molecular complexity index is 588. The lowest BCUT2D eigenvalue weighted by atomic mass is 10.1. The van der Waals surface area contributed by atoms with E-state index in [2.05, 4.69) is 40.2 Å². The van der Waals surface area contributed by atoms with E-state index in [1.165, 1.54) is 0 Å². The first kappa shape index (κ1) is 11.4. The van der Waals surface area contributed by atoms with E-state index in [9.17, 15) is 0 Å². The molecule has 90 valence electrons. The van der Waals surface area contributed by atoms with Crippen LogP contribution in [0.3, 0.4) is 0 Å². The Morgan fingerprint density at radius 2 is 1.50 bits per heavy atom. The molecule has 0 aliphatic carbocycles. The average Bonchev–Trinajstić information content (AvgIpc) is 2.85. The highest BCUT2D eigenvalue weighted by molar-refractivity contribution is 9.10. The fourth-order valence-electron chi connectivity index (χ4n) is 1.78. The van der Waals surface area contributed by atoms with Crippen molar-refractivity contribution in [2.45, 2.75) is 0 Å². The minimum absolute atomic E-state index is 0.315. The lowest BCUT2D eigenvalue weighted by Gasteiger charge is -1.98. The summed E-state index contributed by atoms with van der Waals surface area (Å²) in [6, 6.07) is 14.1. The van der Waals surface area contributed by atoms with Gasteiger partial charge in [0.15, 0.2) is 11.5 Å². The van der Waals surface area contributed by atoms with E-state index in [4.69, 9.17) is 9.47 Å². The molecule has 18 heavy (non-hydrogen) atoms. The Balaban J connectivity index is 1.82. The molecule has 0 radical (unpaired) electrons. The molecule has 0 N–H and O–H groups in total. The molecule has 1 heterocycles. The van der Waals surface area contributed by atoms with Crippen molar-refractivity contribution in [1.82, 2.24) is 0 Å². The summed E-state index contributed by atoms with van der Waals surface area (Å²) in [5.41, 5.74) is 2.26. The van der Waals surface area contributed by atoms with Crippen molar-refractivity contribution in [3.05, 3.63) is 58.1 Å². The molecule has 3 heteroatoms. The van der Waals surface area contributed by atoms with Crippen LogP contribution in [0.25, 0.3) is 12.2 Å². The van der Waals surface area contributed by atoms with Gasteiger partial charge in [0.05, 0.1) is 0 Å². The Kier molecular flexibility index (Phi) is 3.07. The van der Waals surface area contributed by atoms with Crippen LogP contribution in [-0.4, -0.2) is 6.79 Å². The molecule has 0 fully saturated rings. The number of ether oxygens (including phenoxy) is 2. The summed E-state index contributed by atoms with van der Waals surface area (Å²) in [5, 5.41) is 0. The van der Waals surface area contributed by atoms with Crippen LogP contribution in [-0.2, 0) is 0 Å². The number of hydrogen-bond acceptors (Lipinski definition) is 2. The van der Waals surface area contributed by atoms with Gasteiger partial charge < -0.3 is 9.47 Å². The molecule has 0 aromatic heterocycles. The van der Waals surface area contributed by atoms with Crippen molar-refractivity contribution < 1.29 is 9.47 Å². The Morgan fingerprint density at radius 1 is 0.833 bits per heavy atom. The summed E-state index contributed by atoms with van der Waals surface area (Å²) < 4.78 is 11.7. The van der Waals surface area contributed by atoms with Crippen molar-refractivity contribution in [2.24, 2.45) is 0 Å². The van der Waals surface area contributed by atoms with Gasteiger partial charge in [-0.25, -0.2) is 0 Å². The smallest absolute Gasteiger partial charge is 0.231 e. The largest absolute Gasteiger partial charge is 0.454 e. The topological polar surface area (TPSA) is 18.5 Å². The van der Waals surface area contributed by atoms with Gasteiger partial charge in [-0.2, -0.15) is 0 Å². The lowest BCUT2D eigenvalue weighted by molar-refractivity contribution is 0.174. The summed E-state index contributed by atoms with van der Waals surface area (Å²) in [4.78, 5) is 0. The van der Waals surface area contributed by atoms with Crippen LogP contribution in [0.4, 0.5) is 0 Å². The van der Waals surface area contributed by atoms with Crippen molar-refractivity contribution >= 4 is 28.1 Å². The maximum atomic E-state index is 5.34. The number of fused-ring (bicyclic) bond motifs is 1. The van der Waals surface area contributed by atoms with E-state index in [0.29, 0.717) is 6.79 Å². The first-order valence-electron chi connectivity index (χ1n) is 5.64. The standard InChI is InChI=1S/C15H11BrO2/c16-13-6-3-11(4-7-13)1-2-12-5-8-14-15(9-12)18-10-17-14/h1-9H,10H2. The normalized spacial score (nSPS) is 13.2. The van der Waals surface area contributed by atoms with E-state index in [1.807, 2.05) is 30.3 Å². The van der Waals surface area contributed by atoms with E-state index in [0.717, 1.165) is 27.1 Å². The highest BCUT2D eigenvalue weighted by Gasteiger charge is 2.11. The van der Waals surface area contributed by atoms with Crippen molar-refractivity contribution in [1.29, 1.82) is 0 Å². The molecule has 1 aliphatic heterocycles. The predicted octanol–water partition coefficient (Wildman–Crippen LogP) is 4.35. The Labute approximate surface area is 114 Å².